The number of nitrogens with one attached hydrogen (secondary N) is 2. The van der Waals surface area contributed by atoms with Gasteiger partial charge >= 0.3 is 0 Å². The van der Waals surface area contributed by atoms with Crippen molar-refractivity contribution in [3.8, 4) is 0 Å². The van der Waals surface area contributed by atoms with Crippen molar-refractivity contribution in [2.45, 2.75) is 65.6 Å². The summed E-state index contributed by atoms with van der Waals surface area (Å²) in [5.41, 5.74) is 2.16. The van der Waals surface area contributed by atoms with E-state index in [0.29, 0.717) is 25.0 Å². The molecule has 1 aliphatic rings. The number of nitrogens with zero attached hydrogens (tertiary/aromatic N) is 3. The number of hydrogen-bond donors (Lipinski definition) is 2. The standard InChI is InChI=1S/C22H37N5O.HI/c1-17(2)26(18(3)4)15-7-13-24-22(23-5)25-16-19-9-11-20(12-10-19)27-14-6-8-21(27)28;/h9-12,17-18H,6-8,13-16H2,1-5H3,(H2,23,24,25);1H. The number of anilines is 1. The third-order valence-corrected chi connectivity index (χ3v) is 5.22. The smallest absolute Gasteiger partial charge is 0.227 e. The summed E-state index contributed by atoms with van der Waals surface area (Å²) in [7, 11) is 1.80. The van der Waals surface area contributed by atoms with E-state index in [2.05, 4.69) is 60.4 Å². The van der Waals surface area contributed by atoms with Crippen LogP contribution < -0.4 is 15.5 Å². The van der Waals surface area contributed by atoms with Crippen LogP contribution in [0.25, 0.3) is 0 Å². The van der Waals surface area contributed by atoms with Gasteiger partial charge in [0.05, 0.1) is 0 Å². The third kappa shape index (κ3) is 8.12. The van der Waals surface area contributed by atoms with Crippen molar-refractivity contribution in [2.24, 2.45) is 4.99 Å². The van der Waals surface area contributed by atoms with E-state index in [1.807, 2.05) is 17.0 Å². The maximum Gasteiger partial charge on any atom is 0.227 e. The lowest BCUT2D eigenvalue weighted by molar-refractivity contribution is -0.117. The van der Waals surface area contributed by atoms with E-state index in [-0.39, 0.29) is 29.9 Å². The summed E-state index contributed by atoms with van der Waals surface area (Å²) in [4.78, 5) is 20.5. The van der Waals surface area contributed by atoms with E-state index in [0.717, 1.165) is 44.1 Å². The number of hydrogen-bond acceptors (Lipinski definition) is 3. The Kier molecular flexibility index (Phi) is 11.6. The third-order valence-electron chi connectivity index (χ3n) is 5.22. The molecule has 0 aromatic heterocycles. The minimum atomic E-state index is 0. The Labute approximate surface area is 193 Å². The average Bonchev–Trinajstić information content (AvgIpc) is 3.09. The lowest BCUT2D eigenvalue weighted by atomic mass is 10.2. The molecule has 0 radical (unpaired) electrons. The van der Waals surface area contributed by atoms with Crippen LogP contribution in [0.5, 0.6) is 0 Å². The lowest BCUT2D eigenvalue weighted by Crippen LogP contribution is -2.41. The minimum absolute atomic E-state index is 0. The highest BCUT2D eigenvalue weighted by molar-refractivity contribution is 14.0. The van der Waals surface area contributed by atoms with Crippen molar-refractivity contribution in [3.63, 3.8) is 0 Å². The molecule has 29 heavy (non-hydrogen) atoms. The maximum atomic E-state index is 11.8. The molecule has 1 aromatic carbocycles. The van der Waals surface area contributed by atoms with Gasteiger partial charge in [0.15, 0.2) is 5.96 Å². The highest BCUT2D eigenvalue weighted by Gasteiger charge is 2.21. The fourth-order valence-electron chi connectivity index (χ4n) is 3.70. The van der Waals surface area contributed by atoms with E-state index in [4.69, 9.17) is 0 Å². The zero-order chi connectivity index (χ0) is 20.5. The van der Waals surface area contributed by atoms with Gasteiger partial charge in [-0.1, -0.05) is 12.1 Å². The fraction of sp³-hybridized carbons (Fsp3) is 0.636. The molecule has 0 saturated carbocycles. The largest absolute Gasteiger partial charge is 0.356 e. The van der Waals surface area contributed by atoms with Gasteiger partial charge in [-0.25, -0.2) is 0 Å². The summed E-state index contributed by atoms with van der Waals surface area (Å²) < 4.78 is 0. The van der Waals surface area contributed by atoms with E-state index in [1.165, 1.54) is 5.56 Å². The highest BCUT2D eigenvalue weighted by atomic mass is 127. The van der Waals surface area contributed by atoms with E-state index in [1.54, 1.807) is 7.05 Å². The van der Waals surface area contributed by atoms with Crippen LogP contribution in [0.1, 0.15) is 52.5 Å². The Morgan fingerprint density at radius 3 is 2.31 bits per heavy atom. The molecular weight excluding hydrogens is 477 g/mol. The zero-order valence-electron chi connectivity index (χ0n) is 18.6. The van der Waals surface area contributed by atoms with Gasteiger partial charge in [-0.2, -0.15) is 0 Å². The predicted molar refractivity (Wildman–Crippen MR) is 133 cm³/mol. The first kappa shape index (κ1) is 25.7. The molecule has 2 N–H and O–H groups in total. The van der Waals surface area contributed by atoms with Gasteiger partial charge in [0.25, 0.3) is 0 Å². The summed E-state index contributed by atoms with van der Waals surface area (Å²) in [6.07, 6.45) is 2.70. The average molecular weight is 515 g/mol. The molecule has 164 valence electrons. The normalized spacial score (nSPS) is 14.7. The van der Waals surface area contributed by atoms with Crippen molar-refractivity contribution in [3.05, 3.63) is 29.8 Å². The van der Waals surface area contributed by atoms with Gasteiger partial charge < -0.3 is 15.5 Å². The summed E-state index contributed by atoms with van der Waals surface area (Å²) in [6, 6.07) is 9.34. The number of carbonyl (C=O) groups is 1. The summed E-state index contributed by atoms with van der Waals surface area (Å²) in [5, 5.41) is 6.76. The van der Waals surface area contributed by atoms with Crippen LogP contribution in [-0.4, -0.2) is 55.5 Å². The molecule has 1 saturated heterocycles. The molecule has 1 heterocycles. The summed E-state index contributed by atoms with van der Waals surface area (Å²) in [6.45, 7) is 12.5. The Morgan fingerprint density at radius 1 is 1.14 bits per heavy atom. The number of rotatable bonds is 9. The molecule has 6 nitrogen and oxygen atoms in total. The van der Waals surface area contributed by atoms with Gasteiger partial charge in [-0.05, 0) is 58.2 Å². The summed E-state index contributed by atoms with van der Waals surface area (Å²) in [5.74, 6) is 1.04. The molecule has 7 heteroatoms. The van der Waals surface area contributed by atoms with Crippen LogP contribution in [0.2, 0.25) is 0 Å². The number of guanidine groups is 1. The molecule has 1 aromatic rings. The van der Waals surface area contributed by atoms with E-state index >= 15 is 0 Å². The van der Waals surface area contributed by atoms with Gasteiger partial charge in [-0.3, -0.25) is 14.7 Å². The van der Waals surface area contributed by atoms with Gasteiger partial charge in [0.2, 0.25) is 5.91 Å². The monoisotopic (exact) mass is 515 g/mol. The van der Waals surface area contributed by atoms with E-state index < -0.39 is 0 Å². The van der Waals surface area contributed by atoms with Crippen LogP contribution in [0.4, 0.5) is 5.69 Å². The van der Waals surface area contributed by atoms with Gasteiger partial charge in [0.1, 0.15) is 0 Å². The van der Waals surface area contributed by atoms with Crippen molar-refractivity contribution in [2.75, 3.05) is 31.6 Å². The number of carbonyl (C=O) groups excluding carboxylic acids is 1. The molecule has 1 amide bonds. The SMILES string of the molecule is CN=C(NCCCN(C(C)C)C(C)C)NCc1ccc(N2CCCC2=O)cc1.I. The van der Waals surface area contributed by atoms with E-state index in [9.17, 15) is 4.79 Å². The molecule has 0 atom stereocenters. The molecular formula is C22H38IN5O. The minimum Gasteiger partial charge on any atom is -0.356 e. The van der Waals surface area contributed by atoms with Crippen molar-refractivity contribution in [1.29, 1.82) is 0 Å². The molecule has 0 aliphatic carbocycles. The fourth-order valence-corrected chi connectivity index (χ4v) is 3.70. The van der Waals surface area contributed by atoms with Gasteiger partial charge in [-0.15, -0.1) is 24.0 Å². The maximum absolute atomic E-state index is 11.8. The van der Waals surface area contributed by atoms with Crippen molar-refractivity contribution >= 4 is 41.5 Å². The second kappa shape index (κ2) is 13.1. The first-order chi connectivity index (χ1) is 13.4. The first-order valence-corrected chi connectivity index (χ1v) is 10.5. The second-order valence-electron chi connectivity index (χ2n) is 7.95. The molecule has 0 spiro atoms. The first-order valence-electron chi connectivity index (χ1n) is 10.5. The molecule has 2 rings (SSSR count). The Morgan fingerprint density at radius 2 is 1.79 bits per heavy atom. The Bertz CT molecular complexity index is 637. The Balaban J connectivity index is 0.00000420. The quantitative estimate of drug-likeness (QED) is 0.229. The topological polar surface area (TPSA) is 60.0 Å². The molecule has 1 fully saturated rings. The number of amides is 1. The van der Waals surface area contributed by atoms with Gasteiger partial charge in [0, 0.05) is 57.4 Å². The van der Waals surface area contributed by atoms with Crippen molar-refractivity contribution < 1.29 is 4.79 Å². The lowest BCUT2D eigenvalue weighted by Gasteiger charge is -2.30. The highest BCUT2D eigenvalue weighted by Crippen LogP contribution is 2.21. The predicted octanol–water partition coefficient (Wildman–Crippen LogP) is 3.61. The number of aliphatic imine (C=N–C) groups is 1. The van der Waals surface area contributed by atoms with Crippen LogP contribution in [0, 0.1) is 0 Å². The Hall–Kier alpha value is -1.35. The summed E-state index contributed by atoms with van der Waals surface area (Å²) >= 11 is 0. The molecule has 0 unspecified atom stereocenters. The van der Waals surface area contributed by atoms with Crippen LogP contribution in [-0.2, 0) is 11.3 Å². The van der Waals surface area contributed by atoms with Crippen LogP contribution in [0.3, 0.4) is 0 Å². The second-order valence-corrected chi connectivity index (χ2v) is 7.95. The number of halogens is 1. The zero-order valence-corrected chi connectivity index (χ0v) is 20.9. The number of benzene rings is 1. The van der Waals surface area contributed by atoms with Crippen LogP contribution in [0.15, 0.2) is 29.3 Å². The molecule has 0 bridgehead atoms. The van der Waals surface area contributed by atoms with Crippen LogP contribution >= 0.6 is 24.0 Å². The molecule has 1 aliphatic heterocycles. The van der Waals surface area contributed by atoms with Crippen molar-refractivity contribution in [1.82, 2.24) is 15.5 Å².